The van der Waals surface area contributed by atoms with Crippen molar-refractivity contribution >= 4 is 29.3 Å². The number of morpholine rings is 1. The van der Waals surface area contributed by atoms with Crippen molar-refractivity contribution in [2.24, 2.45) is 0 Å². The number of hydrogen-bond donors (Lipinski definition) is 1. The van der Waals surface area contributed by atoms with Crippen molar-refractivity contribution in [3.05, 3.63) is 59.7 Å². The van der Waals surface area contributed by atoms with Crippen molar-refractivity contribution in [3.8, 4) is 5.75 Å². The normalized spacial score (nSPS) is 16.8. The fourth-order valence-corrected chi connectivity index (χ4v) is 3.63. The van der Waals surface area contributed by atoms with E-state index < -0.39 is 0 Å². The Hall–Kier alpha value is -3.16. The highest BCUT2D eigenvalue weighted by molar-refractivity contribution is 6.03. The van der Waals surface area contributed by atoms with Crippen LogP contribution in [0, 0.1) is 6.92 Å². The molecule has 0 bridgehead atoms. The predicted molar refractivity (Wildman–Crippen MR) is 120 cm³/mol. The Labute approximate surface area is 182 Å². The largest absolute Gasteiger partial charge is 0.481 e. The van der Waals surface area contributed by atoms with Gasteiger partial charge < -0.3 is 19.7 Å². The number of amides is 2. The van der Waals surface area contributed by atoms with Crippen molar-refractivity contribution in [2.45, 2.75) is 6.92 Å². The van der Waals surface area contributed by atoms with Crippen molar-refractivity contribution in [1.82, 2.24) is 4.90 Å². The van der Waals surface area contributed by atoms with Crippen molar-refractivity contribution < 1.29 is 19.1 Å². The van der Waals surface area contributed by atoms with Gasteiger partial charge >= 0.3 is 0 Å². The molecule has 31 heavy (non-hydrogen) atoms. The molecule has 7 nitrogen and oxygen atoms in total. The lowest BCUT2D eigenvalue weighted by atomic mass is 10.1. The zero-order chi connectivity index (χ0) is 21.6. The van der Waals surface area contributed by atoms with E-state index in [4.69, 9.17) is 9.47 Å². The average molecular weight is 421 g/mol. The fourth-order valence-electron chi connectivity index (χ4n) is 3.63. The van der Waals surface area contributed by atoms with Gasteiger partial charge in [0.25, 0.3) is 5.91 Å². The number of nitrogens with zero attached hydrogens (tertiary/aromatic N) is 2. The van der Waals surface area contributed by atoms with Gasteiger partial charge in [0, 0.05) is 44.0 Å². The van der Waals surface area contributed by atoms with Crippen molar-refractivity contribution in [2.75, 3.05) is 56.2 Å². The van der Waals surface area contributed by atoms with Gasteiger partial charge in [-0.2, -0.15) is 0 Å². The SMILES string of the molecule is Cc1ccc(/C=C/C(=O)Nc2ccc3c(c2)OCC(=O)N3CCN2CCOCC2)cc1. The molecule has 1 saturated heterocycles. The minimum absolute atomic E-state index is 0.000831. The van der Waals surface area contributed by atoms with E-state index in [1.807, 2.05) is 37.3 Å². The molecule has 0 atom stereocenters. The molecule has 1 fully saturated rings. The Morgan fingerprint density at radius 3 is 2.65 bits per heavy atom. The van der Waals surface area contributed by atoms with Crippen LogP contribution in [0.3, 0.4) is 0 Å². The summed E-state index contributed by atoms with van der Waals surface area (Å²) in [5.74, 6) is 0.317. The predicted octanol–water partition coefficient (Wildman–Crippen LogP) is 2.70. The summed E-state index contributed by atoms with van der Waals surface area (Å²) < 4.78 is 11.0. The molecule has 2 aromatic rings. The average Bonchev–Trinajstić information content (AvgIpc) is 2.79. The first-order valence-electron chi connectivity index (χ1n) is 10.5. The Kier molecular flexibility index (Phi) is 6.64. The molecular weight excluding hydrogens is 394 g/mol. The summed E-state index contributed by atoms with van der Waals surface area (Å²) >= 11 is 0. The Morgan fingerprint density at radius 2 is 1.87 bits per heavy atom. The Balaban J connectivity index is 1.39. The van der Waals surface area contributed by atoms with Crippen LogP contribution in [0.2, 0.25) is 0 Å². The number of aryl methyl sites for hydroxylation is 1. The maximum Gasteiger partial charge on any atom is 0.265 e. The number of ether oxygens (including phenoxy) is 2. The van der Waals surface area contributed by atoms with E-state index >= 15 is 0 Å². The number of hydrogen-bond acceptors (Lipinski definition) is 5. The lowest BCUT2D eigenvalue weighted by Crippen LogP contribution is -2.45. The number of rotatable bonds is 6. The monoisotopic (exact) mass is 421 g/mol. The Bertz CT molecular complexity index is 965. The summed E-state index contributed by atoms with van der Waals surface area (Å²) in [5.41, 5.74) is 3.49. The first-order chi connectivity index (χ1) is 15.1. The number of nitrogens with one attached hydrogen (secondary N) is 1. The quantitative estimate of drug-likeness (QED) is 0.727. The third kappa shape index (κ3) is 5.51. The van der Waals surface area contributed by atoms with Crippen LogP contribution in [-0.2, 0) is 14.3 Å². The van der Waals surface area contributed by atoms with E-state index in [0.717, 1.165) is 44.1 Å². The second kappa shape index (κ2) is 9.76. The summed E-state index contributed by atoms with van der Waals surface area (Å²) in [7, 11) is 0. The van der Waals surface area contributed by atoms with Gasteiger partial charge in [-0.15, -0.1) is 0 Å². The first kappa shape index (κ1) is 21.1. The number of anilines is 2. The summed E-state index contributed by atoms with van der Waals surface area (Å²) in [6.07, 6.45) is 3.28. The van der Waals surface area contributed by atoms with Crippen LogP contribution in [0.1, 0.15) is 11.1 Å². The van der Waals surface area contributed by atoms with Gasteiger partial charge in [0.1, 0.15) is 5.75 Å². The second-order valence-electron chi connectivity index (χ2n) is 7.70. The molecule has 2 aliphatic heterocycles. The van der Waals surface area contributed by atoms with Crippen LogP contribution >= 0.6 is 0 Å². The summed E-state index contributed by atoms with van der Waals surface area (Å²) in [4.78, 5) is 28.8. The summed E-state index contributed by atoms with van der Waals surface area (Å²) in [6.45, 7) is 6.64. The van der Waals surface area contributed by atoms with Crippen LogP contribution in [0.15, 0.2) is 48.5 Å². The third-order valence-electron chi connectivity index (χ3n) is 5.42. The highest BCUT2D eigenvalue weighted by Gasteiger charge is 2.26. The van der Waals surface area contributed by atoms with Crippen molar-refractivity contribution in [3.63, 3.8) is 0 Å². The van der Waals surface area contributed by atoms with Crippen LogP contribution in [-0.4, -0.2) is 62.7 Å². The van der Waals surface area contributed by atoms with E-state index in [1.54, 1.807) is 23.1 Å². The van der Waals surface area contributed by atoms with Gasteiger partial charge in [0.05, 0.1) is 18.9 Å². The maximum atomic E-state index is 12.4. The van der Waals surface area contributed by atoms with E-state index in [0.29, 0.717) is 18.0 Å². The zero-order valence-electron chi connectivity index (χ0n) is 17.7. The number of carbonyl (C=O) groups excluding carboxylic acids is 2. The Morgan fingerprint density at radius 1 is 1.10 bits per heavy atom. The lowest BCUT2D eigenvalue weighted by Gasteiger charge is -2.33. The summed E-state index contributed by atoms with van der Waals surface area (Å²) in [6, 6.07) is 13.3. The first-order valence-corrected chi connectivity index (χ1v) is 10.5. The standard InChI is InChI=1S/C24H27N3O4/c1-18-2-4-19(5-3-18)6-9-23(28)25-20-7-8-21-22(16-20)31-17-24(29)27(21)11-10-26-12-14-30-15-13-26/h2-9,16H,10-15,17H2,1H3,(H,25,28)/b9-6+. The smallest absolute Gasteiger partial charge is 0.265 e. The fraction of sp³-hybridized carbons (Fsp3) is 0.333. The highest BCUT2D eigenvalue weighted by atomic mass is 16.5. The second-order valence-corrected chi connectivity index (χ2v) is 7.70. The number of fused-ring (bicyclic) bond motifs is 1. The molecule has 2 aromatic carbocycles. The number of carbonyl (C=O) groups is 2. The van der Waals surface area contributed by atoms with Gasteiger partial charge in [-0.3, -0.25) is 14.5 Å². The molecule has 7 heteroatoms. The van der Waals surface area contributed by atoms with Gasteiger partial charge in [0.2, 0.25) is 5.91 Å². The molecule has 162 valence electrons. The molecule has 2 aliphatic rings. The molecule has 0 spiro atoms. The van der Waals surface area contributed by atoms with E-state index in [2.05, 4.69) is 10.2 Å². The maximum absolute atomic E-state index is 12.4. The van der Waals surface area contributed by atoms with Crippen LogP contribution in [0.4, 0.5) is 11.4 Å². The van der Waals surface area contributed by atoms with E-state index in [9.17, 15) is 9.59 Å². The molecule has 2 amide bonds. The van der Waals surface area contributed by atoms with Crippen LogP contribution in [0.5, 0.6) is 5.75 Å². The van der Waals surface area contributed by atoms with Gasteiger partial charge in [0.15, 0.2) is 6.61 Å². The molecule has 0 saturated carbocycles. The van der Waals surface area contributed by atoms with Gasteiger partial charge in [-0.1, -0.05) is 29.8 Å². The molecule has 0 aromatic heterocycles. The van der Waals surface area contributed by atoms with Crippen LogP contribution < -0.4 is 15.0 Å². The molecule has 4 rings (SSSR count). The van der Waals surface area contributed by atoms with E-state index in [1.165, 1.54) is 11.6 Å². The number of benzene rings is 2. The van der Waals surface area contributed by atoms with Crippen LogP contribution in [0.25, 0.3) is 6.08 Å². The minimum atomic E-state index is -0.225. The molecule has 1 N–H and O–H groups in total. The zero-order valence-corrected chi connectivity index (χ0v) is 17.7. The molecule has 0 aliphatic carbocycles. The molecule has 2 heterocycles. The third-order valence-corrected chi connectivity index (χ3v) is 5.42. The van der Waals surface area contributed by atoms with Crippen molar-refractivity contribution in [1.29, 1.82) is 0 Å². The molecule has 0 radical (unpaired) electrons. The minimum Gasteiger partial charge on any atom is -0.481 e. The lowest BCUT2D eigenvalue weighted by molar-refractivity contribution is -0.121. The highest BCUT2D eigenvalue weighted by Crippen LogP contribution is 2.34. The van der Waals surface area contributed by atoms with E-state index in [-0.39, 0.29) is 18.4 Å². The summed E-state index contributed by atoms with van der Waals surface area (Å²) in [5, 5.41) is 2.85. The molecular formula is C24H27N3O4. The topological polar surface area (TPSA) is 71.1 Å². The van der Waals surface area contributed by atoms with Gasteiger partial charge in [-0.25, -0.2) is 0 Å². The van der Waals surface area contributed by atoms with Gasteiger partial charge in [-0.05, 0) is 30.7 Å². The molecule has 0 unspecified atom stereocenters.